The fourth-order valence-corrected chi connectivity index (χ4v) is 1.10. The lowest BCUT2D eigenvalue weighted by Crippen LogP contribution is -2.12. The fraction of sp³-hybridized carbons (Fsp3) is 0.600. The molecule has 0 radical (unpaired) electrons. The molecule has 0 N–H and O–H groups in total. The fourth-order valence-electron chi connectivity index (χ4n) is 0.974. The lowest BCUT2D eigenvalue weighted by molar-refractivity contribution is 0.0540. The van der Waals surface area contributed by atoms with E-state index in [1.54, 1.807) is 6.20 Å². The molecule has 0 saturated heterocycles. The average molecular weight is 231 g/mol. The number of rotatable bonds is 5. The maximum Gasteiger partial charge on any atom is 0.225 e. The van der Waals surface area contributed by atoms with E-state index in [1.807, 2.05) is 20.8 Å². The Labute approximate surface area is 94.6 Å². The largest absolute Gasteiger partial charge is 0.475 e. The second kappa shape index (κ2) is 5.88. The van der Waals surface area contributed by atoms with Crippen LogP contribution in [0.5, 0.6) is 5.88 Å². The zero-order valence-electron chi connectivity index (χ0n) is 9.16. The van der Waals surface area contributed by atoms with E-state index in [0.29, 0.717) is 19.1 Å². The Hall–Kier alpha value is -0.870. The minimum Gasteiger partial charge on any atom is -0.475 e. The standard InChI is InChI=1S/C10H15ClN2O2/c1-7(2)14-4-5-15-9-8(3)6-12-10(11)13-9/h6-7H,4-5H2,1-3H3. The van der Waals surface area contributed by atoms with Gasteiger partial charge in [-0.15, -0.1) is 0 Å². The molecule has 0 unspecified atom stereocenters. The van der Waals surface area contributed by atoms with Gasteiger partial charge in [-0.2, -0.15) is 4.98 Å². The van der Waals surface area contributed by atoms with Gasteiger partial charge < -0.3 is 9.47 Å². The van der Waals surface area contributed by atoms with Gasteiger partial charge in [-0.05, 0) is 32.4 Å². The molecular formula is C10H15ClN2O2. The molecule has 1 heterocycles. The number of hydrogen-bond donors (Lipinski definition) is 0. The van der Waals surface area contributed by atoms with E-state index in [4.69, 9.17) is 21.1 Å². The molecule has 0 aromatic carbocycles. The molecule has 0 aliphatic rings. The number of aryl methyl sites for hydroxylation is 1. The first-order valence-corrected chi connectivity index (χ1v) is 5.21. The van der Waals surface area contributed by atoms with Crippen molar-refractivity contribution in [2.24, 2.45) is 0 Å². The topological polar surface area (TPSA) is 44.2 Å². The van der Waals surface area contributed by atoms with E-state index in [2.05, 4.69) is 9.97 Å². The highest BCUT2D eigenvalue weighted by molar-refractivity contribution is 6.28. The molecule has 0 aliphatic heterocycles. The quantitative estimate of drug-likeness (QED) is 0.575. The Balaban J connectivity index is 2.40. The third kappa shape index (κ3) is 4.44. The number of aromatic nitrogens is 2. The molecule has 0 saturated carbocycles. The molecule has 1 rings (SSSR count). The van der Waals surface area contributed by atoms with Crippen LogP contribution in [-0.4, -0.2) is 29.3 Å². The summed E-state index contributed by atoms with van der Waals surface area (Å²) in [6, 6.07) is 0. The highest BCUT2D eigenvalue weighted by Gasteiger charge is 2.03. The SMILES string of the molecule is Cc1cnc(Cl)nc1OCCOC(C)C. The van der Waals surface area contributed by atoms with Crippen LogP contribution in [0.3, 0.4) is 0 Å². The molecular weight excluding hydrogens is 216 g/mol. The zero-order chi connectivity index (χ0) is 11.3. The minimum absolute atomic E-state index is 0.195. The molecule has 0 amide bonds. The monoisotopic (exact) mass is 230 g/mol. The summed E-state index contributed by atoms with van der Waals surface area (Å²) in [6.07, 6.45) is 1.84. The van der Waals surface area contributed by atoms with Crippen LogP contribution in [0, 0.1) is 6.92 Å². The van der Waals surface area contributed by atoms with E-state index in [0.717, 1.165) is 5.56 Å². The molecule has 1 aromatic rings. The van der Waals surface area contributed by atoms with E-state index in [9.17, 15) is 0 Å². The molecule has 0 atom stereocenters. The van der Waals surface area contributed by atoms with Crippen LogP contribution in [0.2, 0.25) is 5.28 Å². The van der Waals surface area contributed by atoms with Gasteiger partial charge >= 0.3 is 0 Å². The average Bonchev–Trinajstić information content (AvgIpc) is 2.17. The molecule has 0 spiro atoms. The molecule has 0 bridgehead atoms. The van der Waals surface area contributed by atoms with Crippen molar-refractivity contribution in [3.8, 4) is 5.88 Å². The van der Waals surface area contributed by atoms with Crippen molar-refractivity contribution in [3.63, 3.8) is 0 Å². The summed E-state index contributed by atoms with van der Waals surface area (Å²) in [4.78, 5) is 7.80. The van der Waals surface area contributed by atoms with Gasteiger partial charge in [0.05, 0.1) is 12.7 Å². The Morgan fingerprint density at radius 1 is 1.40 bits per heavy atom. The maximum atomic E-state index is 5.65. The lowest BCUT2D eigenvalue weighted by atomic mass is 10.4. The van der Waals surface area contributed by atoms with Crippen molar-refractivity contribution in [2.45, 2.75) is 26.9 Å². The smallest absolute Gasteiger partial charge is 0.225 e. The van der Waals surface area contributed by atoms with Crippen LogP contribution in [0.4, 0.5) is 0 Å². The molecule has 15 heavy (non-hydrogen) atoms. The number of nitrogens with zero attached hydrogens (tertiary/aromatic N) is 2. The first-order chi connectivity index (χ1) is 7.09. The predicted molar refractivity (Wildman–Crippen MR) is 58.4 cm³/mol. The van der Waals surface area contributed by atoms with E-state index in [1.165, 1.54) is 0 Å². The molecule has 4 nitrogen and oxygen atoms in total. The molecule has 1 aromatic heterocycles. The van der Waals surface area contributed by atoms with Crippen LogP contribution in [0.1, 0.15) is 19.4 Å². The van der Waals surface area contributed by atoms with Crippen molar-refractivity contribution >= 4 is 11.6 Å². The first kappa shape index (κ1) is 12.2. The summed E-state index contributed by atoms with van der Waals surface area (Å²) < 4.78 is 10.7. The summed E-state index contributed by atoms with van der Waals surface area (Å²) in [6.45, 7) is 6.83. The van der Waals surface area contributed by atoms with Crippen molar-refractivity contribution in [2.75, 3.05) is 13.2 Å². The van der Waals surface area contributed by atoms with Gasteiger partial charge in [0.2, 0.25) is 11.2 Å². The van der Waals surface area contributed by atoms with Gasteiger partial charge in [-0.3, -0.25) is 0 Å². The Kier molecular flexibility index (Phi) is 4.78. The number of halogens is 1. The van der Waals surface area contributed by atoms with Crippen molar-refractivity contribution in [1.82, 2.24) is 9.97 Å². The first-order valence-electron chi connectivity index (χ1n) is 4.83. The van der Waals surface area contributed by atoms with Gasteiger partial charge in [0.15, 0.2) is 0 Å². The molecule has 5 heteroatoms. The van der Waals surface area contributed by atoms with Gasteiger partial charge in [0.25, 0.3) is 0 Å². The number of hydrogen-bond acceptors (Lipinski definition) is 4. The molecule has 0 fully saturated rings. The minimum atomic E-state index is 0.195. The zero-order valence-corrected chi connectivity index (χ0v) is 9.91. The van der Waals surface area contributed by atoms with Gasteiger partial charge in [0.1, 0.15) is 6.61 Å². The van der Waals surface area contributed by atoms with Crippen LogP contribution < -0.4 is 4.74 Å². The third-order valence-corrected chi connectivity index (χ3v) is 1.85. The van der Waals surface area contributed by atoms with E-state index < -0.39 is 0 Å². The van der Waals surface area contributed by atoms with Crippen molar-refractivity contribution < 1.29 is 9.47 Å². The van der Waals surface area contributed by atoms with Crippen LogP contribution in [0.25, 0.3) is 0 Å². The summed E-state index contributed by atoms with van der Waals surface area (Å²) in [5, 5.41) is 0.195. The van der Waals surface area contributed by atoms with Gasteiger partial charge in [0, 0.05) is 11.8 Å². The normalized spacial score (nSPS) is 10.7. The number of ether oxygens (including phenoxy) is 2. The van der Waals surface area contributed by atoms with Crippen molar-refractivity contribution in [1.29, 1.82) is 0 Å². The Morgan fingerprint density at radius 2 is 2.13 bits per heavy atom. The second-order valence-corrected chi connectivity index (χ2v) is 3.73. The maximum absolute atomic E-state index is 5.65. The highest BCUT2D eigenvalue weighted by Crippen LogP contribution is 2.14. The van der Waals surface area contributed by atoms with Crippen LogP contribution in [0.15, 0.2) is 6.20 Å². The van der Waals surface area contributed by atoms with Gasteiger partial charge in [-0.25, -0.2) is 4.98 Å². The summed E-state index contributed by atoms with van der Waals surface area (Å²) in [5.41, 5.74) is 0.865. The summed E-state index contributed by atoms with van der Waals surface area (Å²) in [5.74, 6) is 0.516. The summed E-state index contributed by atoms with van der Waals surface area (Å²) in [7, 11) is 0. The molecule has 0 aliphatic carbocycles. The molecule has 84 valence electrons. The highest BCUT2D eigenvalue weighted by atomic mass is 35.5. The lowest BCUT2D eigenvalue weighted by Gasteiger charge is -2.09. The van der Waals surface area contributed by atoms with Crippen LogP contribution >= 0.6 is 11.6 Å². The third-order valence-electron chi connectivity index (χ3n) is 1.67. The Morgan fingerprint density at radius 3 is 2.80 bits per heavy atom. The van der Waals surface area contributed by atoms with Gasteiger partial charge in [-0.1, -0.05) is 0 Å². The second-order valence-electron chi connectivity index (χ2n) is 3.40. The Bertz CT molecular complexity index is 318. The van der Waals surface area contributed by atoms with E-state index >= 15 is 0 Å². The van der Waals surface area contributed by atoms with E-state index in [-0.39, 0.29) is 11.4 Å². The predicted octanol–water partition coefficient (Wildman–Crippen LogP) is 2.24. The van der Waals surface area contributed by atoms with Crippen molar-refractivity contribution in [3.05, 3.63) is 17.0 Å². The van der Waals surface area contributed by atoms with Crippen LogP contribution in [-0.2, 0) is 4.74 Å². The summed E-state index contributed by atoms with van der Waals surface area (Å²) >= 11 is 5.65.